The number of carbonyl (C=O) groups excluding carboxylic acids is 3. The second-order valence-electron chi connectivity index (χ2n) is 9.36. The summed E-state index contributed by atoms with van der Waals surface area (Å²) in [5.74, 6) is -0.767. The van der Waals surface area contributed by atoms with Crippen molar-refractivity contribution in [2.75, 3.05) is 26.2 Å². The molecule has 8 heteroatoms. The number of fused-ring (bicyclic) bond motifs is 1. The molecule has 3 N–H and O–H groups in total. The first kappa shape index (κ1) is 20.6. The van der Waals surface area contributed by atoms with Gasteiger partial charge in [-0.25, -0.2) is 0 Å². The maximum atomic E-state index is 12.9. The van der Waals surface area contributed by atoms with Crippen molar-refractivity contribution in [1.29, 1.82) is 0 Å². The Morgan fingerprint density at radius 2 is 2.03 bits per heavy atom. The molecule has 0 saturated carbocycles. The molecule has 3 fully saturated rings. The number of piperidine rings is 2. The number of benzene rings is 1. The molecule has 31 heavy (non-hydrogen) atoms. The van der Waals surface area contributed by atoms with Crippen LogP contribution in [0.2, 0.25) is 0 Å². The van der Waals surface area contributed by atoms with Gasteiger partial charge in [0.15, 0.2) is 0 Å². The number of imide groups is 1. The van der Waals surface area contributed by atoms with Crippen molar-refractivity contribution in [1.82, 2.24) is 20.9 Å². The van der Waals surface area contributed by atoms with Crippen LogP contribution >= 0.6 is 0 Å². The molecule has 0 aromatic heterocycles. The monoisotopic (exact) mass is 426 g/mol. The number of rotatable bonds is 5. The normalized spacial score (nSPS) is 27.6. The van der Waals surface area contributed by atoms with E-state index in [4.69, 9.17) is 4.74 Å². The molecular formula is C23H30N4O4. The Morgan fingerprint density at radius 3 is 2.84 bits per heavy atom. The smallest absolute Gasteiger partial charge is 0.255 e. The molecule has 1 aromatic carbocycles. The van der Waals surface area contributed by atoms with Crippen molar-refractivity contribution >= 4 is 17.7 Å². The van der Waals surface area contributed by atoms with Crippen molar-refractivity contribution in [3.8, 4) is 0 Å². The van der Waals surface area contributed by atoms with Gasteiger partial charge in [-0.05, 0) is 61.4 Å². The van der Waals surface area contributed by atoms with Gasteiger partial charge in [0.1, 0.15) is 6.04 Å². The third-order valence-electron chi connectivity index (χ3n) is 7.32. The van der Waals surface area contributed by atoms with E-state index in [-0.39, 0.29) is 30.2 Å². The van der Waals surface area contributed by atoms with Crippen molar-refractivity contribution in [3.05, 3.63) is 34.9 Å². The summed E-state index contributed by atoms with van der Waals surface area (Å²) in [5.41, 5.74) is 3.07. The van der Waals surface area contributed by atoms with Crippen LogP contribution in [0.1, 0.15) is 53.6 Å². The fraction of sp³-hybridized carbons (Fsp3) is 0.609. The number of amides is 3. The van der Waals surface area contributed by atoms with E-state index in [1.807, 2.05) is 18.2 Å². The third-order valence-corrected chi connectivity index (χ3v) is 7.32. The second-order valence-corrected chi connectivity index (χ2v) is 9.36. The Bertz CT molecular complexity index is 896. The van der Waals surface area contributed by atoms with Crippen molar-refractivity contribution in [3.63, 3.8) is 0 Å². The number of nitrogens with one attached hydrogen (secondary N) is 3. The molecule has 2 atom stereocenters. The Morgan fingerprint density at radius 1 is 1.19 bits per heavy atom. The van der Waals surface area contributed by atoms with Crippen LogP contribution in [0.3, 0.4) is 0 Å². The average molecular weight is 427 g/mol. The van der Waals surface area contributed by atoms with E-state index in [1.54, 1.807) is 4.90 Å². The Hall–Kier alpha value is -2.29. The van der Waals surface area contributed by atoms with Gasteiger partial charge in [0.2, 0.25) is 11.8 Å². The van der Waals surface area contributed by atoms with E-state index < -0.39 is 6.04 Å². The molecule has 0 aliphatic carbocycles. The van der Waals surface area contributed by atoms with Gasteiger partial charge in [-0.3, -0.25) is 19.7 Å². The van der Waals surface area contributed by atoms with Crippen molar-refractivity contribution in [2.24, 2.45) is 5.41 Å². The largest absolute Gasteiger partial charge is 0.376 e. The van der Waals surface area contributed by atoms with Crippen molar-refractivity contribution < 1.29 is 19.1 Å². The Labute approximate surface area is 182 Å². The molecule has 2 unspecified atom stereocenters. The summed E-state index contributed by atoms with van der Waals surface area (Å²) < 4.78 is 6.09. The van der Waals surface area contributed by atoms with Gasteiger partial charge < -0.3 is 20.3 Å². The van der Waals surface area contributed by atoms with Crippen LogP contribution in [0.5, 0.6) is 0 Å². The summed E-state index contributed by atoms with van der Waals surface area (Å²) >= 11 is 0. The van der Waals surface area contributed by atoms with E-state index in [9.17, 15) is 14.4 Å². The SMILES string of the molecule is O=C1CCC(N2Cc3c(CNCC4CC5(CCNCC5)CO4)cccc3C2=O)C(=O)N1. The quantitative estimate of drug-likeness (QED) is 0.600. The van der Waals surface area contributed by atoms with E-state index in [0.29, 0.717) is 30.5 Å². The highest BCUT2D eigenvalue weighted by atomic mass is 16.5. The highest BCUT2D eigenvalue weighted by Crippen LogP contribution is 2.40. The zero-order valence-corrected chi connectivity index (χ0v) is 17.7. The fourth-order valence-corrected chi connectivity index (χ4v) is 5.52. The highest BCUT2D eigenvalue weighted by Gasteiger charge is 2.41. The van der Waals surface area contributed by atoms with Gasteiger partial charge in [0, 0.05) is 31.6 Å². The number of ether oxygens (including phenoxy) is 1. The topological polar surface area (TPSA) is 99.8 Å². The Balaban J connectivity index is 1.20. The minimum Gasteiger partial charge on any atom is -0.376 e. The first-order valence-electron chi connectivity index (χ1n) is 11.3. The molecule has 4 aliphatic rings. The molecular weight excluding hydrogens is 396 g/mol. The van der Waals surface area contributed by atoms with Gasteiger partial charge in [0.25, 0.3) is 5.91 Å². The molecule has 1 aromatic rings. The number of hydrogen-bond donors (Lipinski definition) is 3. The average Bonchev–Trinajstić information content (AvgIpc) is 3.30. The molecule has 0 bridgehead atoms. The van der Waals surface area contributed by atoms with E-state index in [0.717, 1.165) is 43.8 Å². The fourth-order valence-electron chi connectivity index (χ4n) is 5.52. The Kier molecular flexibility index (Phi) is 5.54. The molecule has 4 heterocycles. The lowest BCUT2D eigenvalue weighted by Crippen LogP contribution is -2.52. The predicted molar refractivity (Wildman–Crippen MR) is 113 cm³/mol. The lowest BCUT2D eigenvalue weighted by molar-refractivity contribution is -0.136. The summed E-state index contributed by atoms with van der Waals surface area (Å²) in [6.45, 7) is 4.89. The van der Waals surface area contributed by atoms with Crippen LogP contribution in [-0.4, -0.2) is 61.0 Å². The summed E-state index contributed by atoms with van der Waals surface area (Å²) in [4.78, 5) is 38.3. The summed E-state index contributed by atoms with van der Waals surface area (Å²) in [7, 11) is 0. The summed E-state index contributed by atoms with van der Waals surface area (Å²) in [6, 6.07) is 5.19. The van der Waals surface area contributed by atoms with Crippen LogP contribution in [0.4, 0.5) is 0 Å². The first-order chi connectivity index (χ1) is 15.0. The van der Waals surface area contributed by atoms with Gasteiger partial charge in [0.05, 0.1) is 12.7 Å². The molecule has 5 rings (SSSR count). The molecule has 1 spiro atoms. The van der Waals surface area contributed by atoms with Crippen molar-refractivity contribution in [2.45, 2.75) is 57.3 Å². The highest BCUT2D eigenvalue weighted by molar-refractivity contribution is 6.05. The summed E-state index contributed by atoms with van der Waals surface area (Å²) in [6.07, 6.45) is 4.37. The molecule has 166 valence electrons. The van der Waals surface area contributed by atoms with Crippen LogP contribution in [-0.2, 0) is 27.4 Å². The van der Waals surface area contributed by atoms with E-state index >= 15 is 0 Å². The van der Waals surface area contributed by atoms with Gasteiger partial charge in [-0.1, -0.05) is 12.1 Å². The minimum absolute atomic E-state index is 0.127. The zero-order chi connectivity index (χ0) is 21.4. The number of nitrogens with zero attached hydrogens (tertiary/aromatic N) is 1. The van der Waals surface area contributed by atoms with Crippen LogP contribution < -0.4 is 16.0 Å². The molecule has 3 amide bonds. The number of hydrogen-bond acceptors (Lipinski definition) is 6. The molecule has 3 saturated heterocycles. The standard InChI is InChI=1S/C23H30N4O4/c28-20-5-4-19(21(29)26-20)27-13-18-15(2-1-3-17(18)22(27)30)11-25-12-16-10-23(14-31-16)6-8-24-9-7-23/h1-3,16,19,24-25H,4-14H2,(H,26,28,29). The predicted octanol–water partition coefficient (Wildman–Crippen LogP) is 0.696. The van der Waals surface area contributed by atoms with Gasteiger partial charge in [-0.2, -0.15) is 0 Å². The maximum absolute atomic E-state index is 12.9. The van der Waals surface area contributed by atoms with Crippen LogP contribution in [0.15, 0.2) is 18.2 Å². The van der Waals surface area contributed by atoms with Crippen LogP contribution in [0, 0.1) is 5.41 Å². The van der Waals surface area contributed by atoms with Gasteiger partial charge >= 0.3 is 0 Å². The first-order valence-corrected chi connectivity index (χ1v) is 11.3. The lowest BCUT2D eigenvalue weighted by atomic mass is 9.77. The maximum Gasteiger partial charge on any atom is 0.255 e. The van der Waals surface area contributed by atoms with E-state index in [2.05, 4.69) is 16.0 Å². The third kappa shape index (κ3) is 4.00. The molecule has 8 nitrogen and oxygen atoms in total. The zero-order valence-electron chi connectivity index (χ0n) is 17.7. The molecule has 4 aliphatic heterocycles. The molecule has 0 radical (unpaired) electrons. The van der Waals surface area contributed by atoms with Crippen LogP contribution in [0.25, 0.3) is 0 Å². The summed E-state index contributed by atoms with van der Waals surface area (Å²) in [5, 5.41) is 9.31. The second kappa shape index (κ2) is 8.33. The number of carbonyl (C=O) groups is 3. The van der Waals surface area contributed by atoms with Gasteiger partial charge in [-0.15, -0.1) is 0 Å². The van der Waals surface area contributed by atoms with E-state index in [1.165, 1.54) is 12.8 Å². The lowest BCUT2D eigenvalue weighted by Gasteiger charge is -2.32. The minimum atomic E-state index is -0.577.